The molecule has 1 N–H and O–H groups in total. The van der Waals surface area contributed by atoms with Gasteiger partial charge in [0, 0.05) is 30.4 Å². The van der Waals surface area contributed by atoms with Crippen molar-refractivity contribution in [1.82, 2.24) is 10.2 Å². The summed E-state index contributed by atoms with van der Waals surface area (Å²) in [6.45, 7) is 3.27. The van der Waals surface area contributed by atoms with Gasteiger partial charge in [-0.25, -0.2) is 4.39 Å². The molecular weight excluding hydrogens is 399 g/mol. The highest BCUT2D eigenvalue weighted by Gasteiger charge is 2.23. The van der Waals surface area contributed by atoms with Crippen LogP contribution >= 0.6 is 23.4 Å². The van der Waals surface area contributed by atoms with Crippen molar-refractivity contribution in [3.05, 3.63) is 70.5 Å². The minimum atomic E-state index is -0.265. The average Bonchev–Trinajstić information content (AvgIpc) is 2.69. The number of nitrogens with zero attached hydrogens (tertiary/aromatic N) is 1. The number of hydrogen-bond donors (Lipinski definition) is 1. The molecule has 1 aliphatic rings. The highest BCUT2D eigenvalue weighted by molar-refractivity contribution is 7.99. The van der Waals surface area contributed by atoms with Crippen LogP contribution in [0, 0.1) is 5.82 Å². The van der Waals surface area contributed by atoms with Crippen LogP contribution in [0.25, 0.3) is 0 Å². The van der Waals surface area contributed by atoms with E-state index in [1.54, 1.807) is 23.9 Å². The number of halogens is 2. The highest BCUT2D eigenvalue weighted by atomic mass is 35.5. The van der Waals surface area contributed by atoms with Crippen molar-refractivity contribution in [2.75, 3.05) is 38.6 Å². The molecule has 1 unspecified atom stereocenters. The Morgan fingerprint density at radius 3 is 2.75 bits per heavy atom. The Kier molecular flexibility index (Phi) is 8.15. The van der Waals surface area contributed by atoms with Crippen LogP contribution in [0.1, 0.15) is 17.2 Å². The number of nitrogens with one attached hydrogen (secondary N) is 1. The number of thioether (sulfide) groups is 1. The molecule has 3 rings (SSSR count). The lowest BCUT2D eigenvalue weighted by molar-refractivity contribution is -0.118. The van der Waals surface area contributed by atoms with Crippen LogP contribution < -0.4 is 5.32 Å². The lowest BCUT2D eigenvalue weighted by atomic mass is 10.0. The number of ether oxygens (including phenoxy) is 1. The molecule has 1 fully saturated rings. The van der Waals surface area contributed by atoms with Gasteiger partial charge in [-0.15, -0.1) is 11.8 Å². The molecule has 0 saturated carbocycles. The monoisotopic (exact) mass is 422 g/mol. The normalized spacial score (nSPS) is 15.9. The maximum absolute atomic E-state index is 13.7. The fraction of sp³-hybridized carbons (Fsp3) is 0.381. The first kappa shape index (κ1) is 21.1. The Labute approximate surface area is 174 Å². The topological polar surface area (TPSA) is 41.6 Å². The van der Waals surface area contributed by atoms with Gasteiger partial charge in [-0.2, -0.15) is 0 Å². The molecule has 4 nitrogen and oxygen atoms in total. The van der Waals surface area contributed by atoms with E-state index in [1.165, 1.54) is 6.07 Å². The van der Waals surface area contributed by atoms with Gasteiger partial charge in [0.05, 0.1) is 25.0 Å². The summed E-state index contributed by atoms with van der Waals surface area (Å²) in [4.78, 5) is 14.5. The van der Waals surface area contributed by atoms with Crippen LogP contribution in [0.4, 0.5) is 4.39 Å². The molecule has 1 amide bonds. The number of rotatable bonds is 8. The van der Waals surface area contributed by atoms with E-state index in [0.29, 0.717) is 30.5 Å². The first-order chi connectivity index (χ1) is 13.6. The van der Waals surface area contributed by atoms with Crippen LogP contribution in [0.5, 0.6) is 0 Å². The number of carbonyl (C=O) groups is 1. The quantitative estimate of drug-likeness (QED) is 0.700. The van der Waals surface area contributed by atoms with Gasteiger partial charge in [0.15, 0.2) is 0 Å². The van der Waals surface area contributed by atoms with E-state index in [0.717, 1.165) is 30.0 Å². The van der Waals surface area contributed by atoms with Gasteiger partial charge in [0.25, 0.3) is 0 Å². The van der Waals surface area contributed by atoms with E-state index in [1.807, 2.05) is 30.3 Å². The van der Waals surface area contributed by atoms with Gasteiger partial charge in [-0.1, -0.05) is 35.9 Å². The Balaban J connectivity index is 1.53. The summed E-state index contributed by atoms with van der Waals surface area (Å²) in [6, 6.07) is 14.2. The molecule has 0 bridgehead atoms. The molecule has 7 heteroatoms. The second kappa shape index (κ2) is 10.8. The fourth-order valence-corrected chi connectivity index (χ4v) is 4.23. The summed E-state index contributed by atoms with van der Waals surface area (Å²) >= 11 is 7.53. The second-order valence-electron chi connectivity index (χ2n) is 6.65. The predicted molar refractivity (Wildman–Crippen MR) is 112 cm³/mol. The van der Waals surface area contributed by atoms with Crippen LogP contribution in [-0.4, -0.2) is 49.4 Å². The standard InChI is InChI=1S/C21H24ClFN2O2S/c22-18-5-1-3-16(11-18)14-28-15-21(26)24-13-20(25-7-9-27-10-8-25)17-4-2-6-19(23)12-17/h1-6,11-12,20H,7-10,13-15H2,(H,24,26). The average molecular weight is 423 g/mol. The zero-order valence-electron chi connectivity index (χ0n) is 15.6. The van der Waals surface area contributed by atoms with Crippen molar-refractivity contribution in [2.45, 2.75) is 11.8 Å². The van der Waals surface area contributed by atoms with Crippen LogP contribution in [-0.2, 0) is 15.3 Å². The van der Waals surface area contributed by atoms with Crippen LogP contribution in [0.15, 0.2) is 48.5 Å². The molecule has 0 spiro atoms. The van der Waals surface area contributed by atoms with Gasteiger partial charge in [0.2, 0.25) is 5.91 Å². The summed E-state index contributed by atoms with van der Waals surface area (Å²) in [7, 11) is 0. The van der Waals surface area contributed by atoms with Crippen molar-refractivity contribution in [2.24, 2.45) is 0 Å². The Morgan fingerprint density at radius 1 is 1.21 bits per heavy atom. The minimum absolute atomic E-state index is 0.0262. The van der Waals surface area contributed by atoms with E-state index >= 15 is 0 Å². The molecule has 0 radical (unpaired) electrons. The third-order valence-electron chi connectivity index (χ3n) is 4.60. The van der Waals surface area contributed by atoms with Gasteiger partial charge < -0.3 is 10.1 Å². The Morgan fingerprint density at radius 2 is 2.00 bits per heavy atom. The van der Waals surface area contributed by atoms with E-state index in [9.17, 15) is 9.18 Å². The number of benzene rings is 2. The molecule has 2 aromatic carbocycles. The molecule has 2 aromatic rings. The van der Waals surface area contributed by atoms with E-state index in [-0.39, 0.29) is 17.8 Å². The molecule has 28 heavy (non-hydrogen) atoms. The van der Waals surface area contributed by atoms with E-state index < -0.39 is 0 Å². The van der Waals surface area contributed by atoms with Gasteiger partial charge >= 0.3 is 0 Å². The van der Waals surface area contributed by atoms with Gasteiger partial charge in [-0.3, -0.25) is 9.69 Å². The third kappa shape index (κ3) is 6.48. The minimum Gasteiger partial charge on any atom is -0.379 e. The number of amides is 1. The van der Waals surface area contributed by atoms with E-state index in [4.69, 9.17) is 16.3 Å². The molecular formula is C21H24ClFN2O2S. The van der Waals surface area contributed by atoms with Gasteiger partial charge in [-0.05, 0) is 35.4 Å². The smallest absolute Gasteiger partial charge is 0.230 e. The molecule has 0 aliphatic carbocycles. The maximum atomic E-state index is 13.7. The van der Waals surface area contributed by atoms with Crippen molar-refractivity contribution < 1.29 is 13.9 Å². The highest BCUT2D eigenvalue weighted by Crippen LogP contribution is 2.22. The van der Waals surface area contributed by atoms with E-state index in [2.05, 4.69) is 10.2 Å². The van der Waals surface area contributed by atoms with Crippen molar-refractivity contribution in [3.63, 3.8) is 0 Å². The number of hydrogen-bond acceptors (Lipinski definition) is 4. The summed E-state index contributed by atoms with van der Waals surface area (Å²) in [5.74, 6) is 0.803. The van der Waals surface area contributed by atoms with Crippen LogP contribution in [0.2, 0.25) is 5.02 Å². The van der Waals surface area contributed by atoms with Crippen molar-refractivity contribution in [1.29, 1.82) is 0 Å². The van der Waals surface area contributed by atoms with Crippen LogP contribution in [0.3, 0.4) is 0 Å². The third-order valence-corrected chi connectivity index (χ3v) is 5.84. The van der Waals surface area contributed by atoms with Crippen molar-refractivity contribution >= 4 is 29.3 Å². The second-order valence-corrected chi connectivity index (χ2v) is 8.07. The first-order valence-electron chi connectivity index (χ1n) is 9.28. The van der Waals surface area contributed by atoms with Crippen molar-refractivity contribution in [3.8, 4) is 0 Å². The first-order valence-corrected chi connectivity index (χ1v) is 10.8. The molecule has 1 aliphatic heterocycles. The molecule has 1 saturated heterocycles. The number of morpholine rings is 1. The summed E-state index contributed by atoms with van der Waals surface area (Å²) in [6.07, 6.45) is 0. The lowest BCUT2D eigenvalue weighted by Gasteiger charge is -2.35. The molecule has 150 valence electrons. The summed E-state index contributed by atoms with van der Waals surface area (Å²) in [5, 5.41) is 3.70. The Hall–Kier alpha value is -1.60. The SMILES string of the molecule is O=C(CSCc1cccc(Cl)c1)NCC(c1cccc(F)c1)N1CCOCC1. The molecule has 0 aromatic heterocycles. The molecule has 1 atom stereocenters. The maximum Gasteiger partial charge on any atom is 0.230 e. The fourth-order valence-electron chi connectivity index (χ4n) is 3.21. The largest absolute Gasteiger partial charge is 0.379 e. The molecule has 1 heterocycles. The van der Waals surface area contributed by atoms with Gasteiger partial charge in [0.1, 0.15) is 5.82 Å². The number of carbonyl (C=O) groups excluding carboxylic acids is 1. The predicted octanol–water partition coefficient (Wildman–Crippen LogP) is 3.90. The zero-order chi connectivity index (χ0) is 19.8. The lowest BCUT2D eigenvalue weighted by Crippen LogP contribution is -2.44. The summed E-state index contributed by atoms with van der Waals surface area (Å²) < 4.78 is 19.1. The Bertz CT molecular complexity index is 787. The summed E-state index contributed by atoms with van der Waals surface area (Å²) in [5.41, 5.74) is 1.96. The zero-order valence-corrected chi connectivity index (χ0v) is 17.1.